The molecule has 0 rings (SSSR count). The molecule has 4 atom stereocenters. The molecule has 0 aliphatic rings. The van der Waals surface area contributed by atoms with E-state index in [0.29, 0.717) is 19.4 Å². The molecular formula is C22H41N5O7. The van der Waals surface area contributed by atoms with Crippen LogP contribution in [0, 0.1) is 11.8 Å². The van der Waals surface area contributed by atoms with Crippen molar-refractivity contribution >= 4 is 29.7 Å². The van der Waals surface area contributed by atoms with Gasteiger partial charge in [-0.05, 0) is 50.5 Å². The molecule has 12 nitrogen and oxygen atoms in total. The van der Waals surface area contributed by atoms with Crippen LogP contribution in [0.1, 0.15) is 66.2 Å². The summed E-state index contributed by atoms with van der Waals surface area (Å²) in [6.45, 7) is 7.51. The lowest BCUT2D eigenvalue weighted by Gasteiger charge is -2.27. The van der Waals surface area contributed by atoms with Crippen LogP contribution in [0.2, 0.25) is 0 Å². The summed E-state index contributed by atoms with van der Waals surface area (Å²) >= 11 is 0. The predicted molar refractivity (Wildman–Crippen MR) is 125 cm³/mol. The van der Waals surface area contributed by atoms with E-state index in [4.69, 9.17) is 16.6 Å². The fourth-order valence-electron chi connectivity index (χ4n) is 3.19. The van der Waals surface area contributed by atoms with Gasteiger partial charge in [0.2, 0.25) is 17.7 Å². The Morgan fingerprint density at radius 1 is 0.794 bits per heavy atom. The van der Waals surface area contributed by atoms with E-state index in [-0.39, 0.29) is 37.5 Å². The topological polar surface area (TPSA) is 214 Å². The average Bonchev–Trinajstić information content (AvgIpc) is 2.73. The molecule has 0 aliphatic heterocycles. The van der Waals surface area contributed by atoms with Crippen LogP contribution in [0.25, 0.3) is 0 Å². The third kappa shape index (κ3) is 12.5. The number of aliphatic carboxylic acids is 2. The molecule has 0 aromatic rings. The quantitative estimate of drug-likeness (QED) is 0.132. The molecular weight excluding hydrogens is 446 g/mol. The number of carbonyl (C=O) groups is 5. The number of unbranched alkanes of at least 4 members (excludes halogenated alkanes) is 1. The van der Waals surface area contributed by atoms with Crippen molar-refractivity contribution in [3.63, 3.8) is 0 Å². The molecule has 4 unspecified atom stereocenters. The molecule has 0 aromatic heterocycles. The molecule has 196 valence electrons. The van der Waals surface area contributed by atoms with E-state index in [2.05, 4.69) is 16.0 Å². The van der Waals surface area contributed by atoms with Crippen molar-refractivity contribution < 1.29 is 34.2 Å². The SMILES string of the molecule is CC(C)CC(NC(=O)C(NC(=O)C(N)CCC(=O)O)C(C)C)C(=O)NC(CCCCN)C(=O)O. The van der Waals surface area contributed by atoms with E-state index in [9.17, 15) is 29.1 Å². The molecule has 0 fully saturated rings. The summed E-state index contributed by atoms with van der Waals surface area (Å²) in [4.78, 5) is 60.4. The fraction of sp³-hybridized carbons (Fsp3) is 0.773. The van der Waals surface area contributed by atoms with Gasteiger partial charge in [-0.1, -0.05) is 27.7 Å². The van der Waals surface area contributed by atoms with Crippen molar-refractivity contribution in [2.45, 2.75) is 90.4 Å². The van der Waals surface area contributed by atoms with Crippen LogP contribution in [-0.2, 0) is 24.0 Å². The van der Waals surface area contributed by atoms with Crippen LogP contribution >= 0.6 is 0 Å². The second kappa shape index (κ2) is 16.0. The normalized spacial score (nSPS) is 14.7. The smallest absolute Gasteiger partial charge is 0.326 e. The molecule has 0 saturated heterocycles. The first-order chi connectivity index (χ1) is 15.8. The highest BCUT2D eigenvalue weighted by Crippen LogP contribution is 2.10. The summed E-state index contributed by atoms with van der Waals surface area (Å²) in [6.07, 6.45) is 1.23. The van der Waals surface area contributed by atoms with Gasteiger partial charge in [0, 0.05) is 6.42 Å². The number of nitrogens with two attached hydrogens (primary N) is 2. The lowest BCUT2D eigenvalue weighted by molar-refractivity contribution is -0.142. The molecule has 0 bridgehead atoms. The maximum atomic E-state index is 13.0. The monoisotopic (exact) mass is 487 g/mol. The number of amides is 3. The molecule has 12 heteroatoms. The van der Waals surface area contributed by atoms with Crippen LogP contribution in [0.5, 0.6) is 0 Å². The summed E-state index contributed by atoms with van der Waals surface area (Å²) in [5, 5.41) is 25.8. The fourth-order valence-corrected chi connectivity index (χ4v) is 3.19. The second-order valence-corrected chi connectivity index (χ2v) is 9.14. The summed E-state index contributed by atoms with van der Waals surface area (Å²) in [5.41, 5.74) is 11.2. The van der Waals surface area contributed by atoms with Crippen molar-refractivity contribution in [3.05, 3.63) is 0 Å². The number of hydrogen-bond acceptors (Lipinski definition) is 7. The van der Waals surface area contributed by atoms with Gasteiger partial charge >= 0.3 is 11.9 Å². The largest absolute Gasteiger partial charge is 0.481 e. The van der Waals surface area contributed by atoms with Crippen LogP contribution in [0.4, 0.5) is 0 Å². The number of carbonyl (C=O) groups excluding carboxylic acids is 3. The Hall–Kier alpha value is -2.73. The van der Waals surface area contributed by atoms with Gasteiger partial charge in [-0.25, -0.2) is 4.79 Å². The standard InChI is InChI=1S/C22H41N5O7/c1-12(2)11-16(20(31)25-15(22(33)34)7-5-6-10-23)26-21(32)18(13(3)4)27-19(30)14(24)8-9-17(28)29/h12-16,18H,5-11,23-24H2,1-4H3,(H,25,31)(H,26,32)(H,27,30)(H,28,29)(H,33,34). The van der Waals surface area contributed by atoms with Crippen LogP contribution in [0.3, 0.4) is 0 Å². The molecule has 0 heterocycles. The van der Waals surface area contributed by atoms with Gasteiger partial charge in [-0.3, -0.25) is 19.2 Å². The zero-order valence-electron chi connectivity index (χ0n) is 20.5. The Labute approximate surface area is 200 Å². The van der Waals surface area contributed by atoms with Crippen LogP contribution in [0.15, 0.2) is 0 Å². The zero-order chi connectivity index (χ0) is 26.4. The van der Waals surface area contributed by atoms with Crippen molar-refractivity contribution in [3.8, 4) is 0 Å². The van der Waals surface area contributed by atoms with Crippen molar-refractivity contribution in [1.29, 1.82) is 0 Å². The average molecular weight is 488 g/mol. The van der Waals surface area contributed by atoms with Gasteiger partial charge in [0.1, 0.15) is 18.1 Å². The van der Waals surface area contributed by atoms with Gasteiger partial charge in [0.05, 0.1) is 6.04 Å². The number of rotatable bonds is 17. The predicted octanol–water partition coefficient (Wildman–Crippen LogP) is -0.451. The van der Waals surface area contributed by atoms with Crippen molar-refractivity contribution in [2.75, 3.05) is 6.54 Å². The number of carboxylic acid groups (broad SMARTS) is 2. The van der Waals surface area contributed by atoms with Gasteiger partial charge in [0.25, 0.3) is 0 Å². The summed E-state index contributed by atoms with van der Waals surface area (Å²) in [5.74, 6) is -4.55. The van der Waals surface area contributed by atoms with Gasteiger partial charge in [-0.15, -0.1) is 0 Å². The van der Waals surface area contributed by atoms with E-state index in [0.717, 1.165) is 0 Å². The number of carboxylic acids is 2. The lowest BCUT2D eigenvalue weighted by Crippen LogP contribution is -2.58. The van der Waals surface area contributed by atoms with E-state index >= 15 is 0 Å². The lowest BCUT2D eigenvalue weighted by atomic mass is 9.99. The molecule has 0 aliphatic carbocycles. The van der Waals surface area contributed by atoms with E-state index < -0.39 is 53.8 Å². The van der Waals surface area contributed by atoms with E-state index in [1.54, 1.807) is 13.8 Å². The third-order valence-corrected chi connectivity index (χ3v) is 5.15. The minimum atomic E-state index is -1.18. The summed E-state index contributed by atoms with van der Waals surface area (Å²) in [7, 11) is 0. The first-order valence-corrected chi connectivity index (χ1v) is 11.6. The summed E-state index contributed by atoms with van der Waals surface area (Å²) < 4.78 is 0. The first-order valence-electron chi connectivity index (χ1n) is 11.6. The molecule has 34 heavy (non-hydrogen) atoms. The Morgan fingerprint density at radius 2 is 1.38 bits per heavy atom. The van der Waals surface area contributed by atoms with E-state index in [1.807, 2.05) is 13.8 Å². The molecule has 0 aromatic carbocycles. The Kier molecular flexibility index (Phi) is 14.7. The number of nitrogens with one attached hydrogen (secondary N) is 3. The zero-order valence-corrected chi connectivity index (χ0v) is 20.5. The molecule has 0 spiro atoms. The van der Waals surface area contributed by atoms with Crippen LogP contribution in [-0.4, -0.2) is 70.6 Å². The van der Waals surface area contributed by atoms with Gasteiger partial charge in [0.15, 0.2) is 0 Å². The van der Waals surface area contributed by atoms with Crippen molar-refractivity contribution in [1.82, 2.24) is 16.0 Å². The van der Waals surface area contributed by atoms with Gasteiger partial charge < -0.3 is 37.6 Å². The highest BCUT2D eigenvalue weighted by atomic mass is 16.4. The Bertz CT molecular complexity index is 699. The first kappa shape index (κ1) is 31.3. The highest BCUT2D eigenvalue weighted by Gasteiger charge is 2.32. The maximum absolute atomic E-state index is 13.0. The van der Waals surface area contributed by atoms with Gasteiger partial charge in [-0.2, -0.15) is 0 Å². The second-order valence-electron chi connectivity index (χ2n) is 9.14. The minimum absolute atomic E-state index is 0.00750. The van der Waals surface area contributed by atoms with E-state index in [1.165, 1.54) is 0 Å². The highest BCUT2D eigenvalue weighted by molar-refractivity contribution is 5.94. The van der Waals surface area contributed by atoms with Crippen LogP contribution < -0.4 is 27.4 Å². The molecule has 3 amide bonds. The number of hydrogen-bond donors (Lipinski definition) is 7. The summed E-state index contributed by atoms with van der Waals surface area (Å²) in [6, 6.07) is -4.25. The molecule has 0 radical (unpaired) electrons. The minimum Gasteiger partial charge on any atom is -0.481 e. The molecule has 0 saturated carbocycles. The maximum Gasteiger partial charge on any atom is 0.326 e. The Balaban J connectivity index is 5.35. The van der Waals surface area contributed by atoms with Crippen molar-refractivity contribution in [2.24, 2.45) is 23.3 Å². The molecule has 9 N–H and O–H groups in total. The Morgan fingerprint density at radius 3 is 1.85 bits per heavy atom. The third-order valence-electron chi connectivity index (χ3n) is 5.15.